The maximum Gasteiger partial charge on any atom is 0.227 e. The Morgan fingerprint density at radius 3 is 2.42 bits per heavy atom. The molecule has 0 radical (unpaired) electrons. The Labute approximate surface area is 156 Å². The van der Waals surface area contributed by atoms with Gasteiger partial charge in [0.2, 0.25) is 5.91 Å². The summed E-state index contributed by atoms with van der Waals surface area (Å²) in [6, 6.07) is 12.6. The van der Waals surface area contributed by atoms with Crippen molar-refractivity contribution in [1.29, 1.82) is 0 Å². The number of aryl methyl sites for hydroxylation is 1. The van der Waals surface area contributed by atoms with Gasteiger partial charge in [-0.2, -0.15) is 5.10 Å². The first-order chi connectivity index (χ1) is 12.4. The number of amides is 1. The van der Waals surface area contributed by atoms with Crippen LogP contribution in [0.1, 0.15) is 43.5 Å². The van der Waals surface area contributed by atoms with Crippen molar-refractivity contribution in [3.63, 3.8) is 0 Å². The van der Waals surface area contributed by atoms with Crippen molar-refractivity contribution in [3.05, 3.63) is 53.2 Å². The molecule has 5 nitrogen and oxygen atoms in total. The van der Waals surface area contributed by atoms with Crippen molar-refractivity contribution in [1.82, 2.24) is 15.1 Å². The first-order valence-corrected chi connectivity index (χ1v) is 9.37. The summed E-state index contributed by atoms with van der Waals surface area (Å²) in [7, 11) is 0. The lowest BCUT2D eigenvalue weighted by atomic mass is 10.0. The van der Waals surface area contributed by atoms with Crippen molar-refractivity contribution < 1.29 is 4.79 Å². The molecule has 5 heteroatoms. The summed E-state index contributed by atoms with van der Waals surface area (Å²) in [5.41, 5.74) is 3.31. The van der Waals surface area contributed by atoms with Crippen LogP contribution < -0.4 is 4.90 Å². The average Bonchev–Trinajstić information content (AvgIpc) is 2.63. The molecule has 2 aromatic rings. The topological polar surface area (TPSA) is 49.3 Å². The highest BCUT2D eigenvalue weighted by Gasteiger charge is 2.27. The highest BCUT2D eigenvalue weighted by atomic mass is 16.2. The van der Waals surface area contributed by atoms with Crippen molar-refractivity contribution >= 4 is 11.7 Å². The van der Waals surface area contributed by atoms with Gasteiger partial charge in [-0.3, -0.25) is 4.79 Å². The van der Waals surface area contributed by atoms with E-state index in [9.17, 15) is 4.79 Å². The van der Waals surface area contributed by atoms with Crippen LogP contribution in [0, 0.1) is 6.92 Å². The zero-order valence-electron chi connectivity index (χ0n) is 16.1. The standard InChI is InChI=1S/C21H28N4O/c1-15(2)19-8-6-18(7-9-19)13-21(26)24-11-12-25(17(4)14-24)20-10-5-16(3)22-23-20/h5-10,15,17H,11-14H2,1-4H3/t17-/m0/s1. The van der Waals surface area contributed by atoms with E-state index in [1.807, 2.05) is 24.0 Å². The van der Waals surface area contributed by atoms with Crippen molar-refractivity contribution in [3.8, 4) is 0 Å². The number of benzene rings is 1. The van der Waals surface area contributed by atoms with E-state index in [1.54, 1.807) is 0 Å². The van der Waals surface area contributed by atoms with E-state index >= 15 is 0 Å². The molecule has 1 atom stereocenters. The van der Waals surface area contributed by atoms with Crippen LogP contribution >= 0.6 is 0 Å². The Hall–Kier alpha value is -2.43. The fraction of sp³-hybridized carbons (Fsp3) is 0.476. The lowest BCUT2D eigenvalue weighted by Crippen LogP contribution is -2.54. The van der Waals surface area contributed by atoms with E-state index in [1.165, 1.54) is 5.56 Å². The first kappa shape index (κ1) is 18.4. The van der Waals surface area contributed by atoms with Gasteiger partial charge in [-0.15, -0.1) is 5.10 Å². The number of hydrogen-bond donors (Lipinski definition) is 0. The van der Waals surface area contributed by atoms with E-state index in [4.69, 9.17) is 0 Å². The van der Waals surface area contributed by atoms with Crippen molar-refractivity contribution in [2.45, 2.75) is 46.1 Å². The predicted octanol–water partition coefficient (Wildman–Crippen LogP) is 3.19. The number of carbonyl (C=O) groups excluding carboxylic acids is 1. The molecule has 0 bridgehead atoms. The molecule has 0 N–H and O–H groups in total. The van der Waals surface area contributed by atoms with Crippen LogP contribution in [0.15, 0.2) is 36.4 Å². The predicted molar refractivity (Wildman–Crippen MR) is 104 cm³/mol. The maximum absolute atomic E-state index is 12.7. The molecule has 1 amide bonds. The fourth-order valence-corrected chi connectivity index (χ4v) is 3.38. The molecule has 0 aliphatic carbocycles. The van der Waals surface area contributed by atoms with Gasteiger partial charge in [0.1, 0.15) is 0 Å². The summed E-state index contributed by atoms with van der Waals surface area (Å²) in [5.74, 6) is 1.60. The second-order valence-electron chi connectivity index (χ2n) is 7.49. The molecule has 1 fully saturated rings. The third-order valence-electron chi connectivity index (χ3n) is 5.06. The molecule has 1 aromatic carbocycles. The molecular formula is C21H28N4O. The molecule has 0 unspecified atom stereocenters. The molecule has 1 saturated heterocycles. The van der Waals surface area contributed by atoms with Crippen molar-refractivity contribution in [2.75, 3.05) is 24.5 Å². The minimum Gasteiger partial charge on any atom is -0.349 e. The molecule has 138 valence electrons. The van der Waals surface area contributed by atoms with Gasteiger partial charge in [0, 0.05) is 25.7 Å². The third kappa shape index (κ3) is 4.21. The van der Waals surface area contributed by atoms with Gasteiger partial charge in [0.25, 0.3) is 0 Å². The Balaban J connectivity index is 1.59. The van der Waals surface area contributed by atoms with E-state index in [0.717, 1.165) is 36.7 Å². The van der Waals surface area contributed by atoms with Crippen LogP contribution in [0.25, 0.3) is 0 Å². The molecule has 26 heavy (non-hydrogen) atoms. The fourth-order valence-electron chi connectivity index (χ4n) is 3.38. The molecule has 1 aliphatic heterocycles. The number of carbonyl (C=O) groups is 1. The van der Waals surface area contributed by atoms with Crippen LogP contribution in [0.2, 0.25) is 0 Å². The summed E-state index contributed by atoms with van der Waals surface area (Å²) in [4.78, 5) is 16.9. The van der Waals surface area contributed by atoms with E-state index in [2.05, 4.69) is 60.1 Å². The molecule has 0 saturated carbocycles. The van der Waals surface area contributed by atoms with Crippen molar-refractivity contribution in [2.24, 2.45) is 0 Å². The average molecular weight is 352 g/mol. The number of piperazine rings is 1. The molecule has 1 aliphatic rings. The van der Waals surface area contributed by atoms with Crippen LogP contribution in [-0.2, 0) is 11.2 Å². The quantitative estimate of drug-likeness (QED) is 0.848. The van der Waals surface area contributed by atoms with Gasteiger partial charge >= 0.3 is 0 Å². The van der Waals surface area contributed by atoms with E-state index in [0.29, 0.717) is 12.3 Å². The Morgan fingerprint density at radius 2 is 1.85 bits per heavy atom. The monoisotopic (exact) mass is 352 g/mol. The Kier molecular flexibility index (Phi) is 5.55. The zero-order chi connectivity index (χ0) is 18.7. The number of nitrogens with zero attached hydrogens (tertiary/aromatic N) is 4. The Morgan fingerprint density at radius 1 is 1.12 bits per heavy atom. The number of aromatic nitrogens is 2. The van der Waals surface area contributed by atoms with Crippen LogP contribution in [0.5, 0.6) is 0 Å². The summed E-state index contributed by atoms with van der Waals surface area (Å²) < 4.78 is 0. The molecule has 1 aromatic heterocycles. The first-order valence-electron chi connectivity index (χ1n) is 9.37. The number of hydrogen-bond acceptors (Lipinski definition) is 4. The summed E-state index contributed by atoms with van der Waals surface area (Å²) in [5, 5.41) is 8.43. The SMILES string of the molecule is Cc1ccc(N2CCN(C(=O)Cc3ccc(C(C)C)cc3)C[C@@H]2C)nn1. The highest BCUT2D eigenvalue weighted by Crippen LogP contribution is 2.19. The van der Waals surface area contributed by atoms with Gasteiger partial charge in [-0.25, -0.2) is 0 Å². The largest absolute Gasteiger partial charge is 0.349 e. The summed E-state index contributed by atoms with van der Waals surface area (Å²) >= 11 is 0. The third-order valence-corrected chi connectivity index (χ3v) is 5.06. The molecular weight excluding hydrogens is 324 g/mol. The molecule has 0 spiro atoms. The normalized spacial score (nSPS) is 17.7. The molecule has 2 heterocycles. The minimum absolute atomic E-state index is 0.198. The van der Waals surface area contributed by atoms with Gasteiger partial charge in [-0.1, -0.05) is 38.1 Å². The van der Waals surface area contributed by atoms with Crippen LogP contribution in [0.4, 0.5) is 5.82 Å². The maximum atomic E-state index is 12.7. The summed E-state index contributed by atoms with van der Waals surface area (Å²) in [6.45, 7) is 10.7. The second-order valence-corrected chi connectivity index (χ2v) is 7.49. The van der Waals surface area contributed by atoms with E-state index in [-0.39, 0.29) is 11.9 Å². The van der Waals surface area contributed by atoms with Gasteiger partial charge in [0.15, 0.2) is 5.82 Å². The zero-order valence-corrected chi connectivity index (χ0v) is 16.1. The Bertz CT molecular complexity index is 740. The second kappa shape index (κ2) is 7.85. The van der Waals surface area contributed by atoms with Crippen LogP contribution in [-0.4, -0.2) is 46.7 Å². The number of rotatable bonds is 4. The lowest BCUT2D eigenvalue weighted by molar-refractivity contribution is -0.131. The lowest BCUT2D eigenvalue weighted by Gasteiger charge is -2.40. The smallest absolute Gasteiger partial charge is 0.227 e. The highest BCUT2D eigenvalue weighted by molar-refractivity contribution is 5.79. The van der Waals surface area contributed by atoms with Gasteiger partial charge in [0.05, 0.1) is 12.1 Å². The summed E-state index contributed by atoms with van der Waals surface area (Å²) in [6.07, 6.45) is 0.468. The van der Waals surface area contributed by atoms with Gasteiger partial charge in [-0.05, 0) is 43.0 Å². The van der Waals surface area contributed by atoms with E-state index < -0.39 is 0 Å². The van der Waals surface area contributed by atoms with Gasteiger partial charge < -0.3 is 9.80 Å². The molecule has 3 rings (SSSR count). The van der Waals surface area contributed by atoms with Crippen LogP contribution in [0.3, 0.4) is 0 Å². The number of anilines is 1. The minimum atomic E-state index is 0.198.